The number of carboxylic acids is 1. The van der Waals surface area contributed by atoms with E-state index in [0.29, 0.717) is 5.56 Å². The molecule has 0 aliphatic carbocycles. The maximum Gasteiger partial charge on any atom is 0.356 e. The van der Waals surface area contributed by atoms with Crippen LogP contribution in [0.5, 0.6) is 0 Å². The summed E-state index contributed by atoms with van der Waals surface area (Å²) >= 11 is 0. The number of nitrogens with one attached hydrogen (secondary N) is 2. The van der Waals surface area contributed by atoms with E-state index in [1.807, 2.05) is 6.07 Å². The average molecular weight is 560 g/mol. The molecule has 0 radical (unpaired) electrons. The van der Waals surface area contributed by atoms with Gasteiger partial charge in [0.15, 0.2) is 0 Å². The van der Waals surface area contributed by atoms with Gasteiger partial charge in [0.25, 0.3) is 11.7 Å². The van der Waals surface area contributed by atoms with Crippen molar-refractivity contribution >= 4 is 18.0 Å². The van der Waals surface area contributed by atoms with Crippen molar-refractivity contribution in [3.05, 3.63) is 57.9 Å². The molecule has 3 aliphatic heterocycles. The van der Waals surface area contributed by atoms with E-state index < -0.39 is 46.5 Å². The quantitative estimate of drug-likeness (QED) is 0.213. The normalized spacial score (nSPS) is 28.9. The standard InChI is InChI=1S/C25H30FN7O7/c1-31-13-17(26)11-18(31)15-40-24-29-12-20(33(37)38)25(30-24,23(35)36)32-10-9-28-19(7-8-27)21(32)22(34)39-14-16-5-3-2-4-6-16/h2-6,12,17-19,21,28H,7,9-11,13-15H2,1H3,(H,29,30)(H,35,36)/t17-,18+,19?,21?,25+/m1/s1. The van der Waals surface area contributed by atoms with Gasteiger partial charge in [-0.25, -0.2) is 14.1 Å². The molecule has 3 aliphatic rings. The molecule has 15 heteroatoms. The van der Waals surface area contributed by atoms with Crippen LogP contribution in [-0.2, 0) is 25.7 Å². The van der Waals surface area contributed by atoms with E-state index in [1.165, 1.54) is 0 Å². The van der Waals surface area contributed by atoms with Crippen molar-refractivity contribution in [1.29, 1.82) is 5.26 Å². The number of halogens is 1. The number of rotatable bonds is 9. The fourth-order valence-corrected chi connectivity index (χ4v) is 5.21. The van der Waals surface area contributed by atoms with Gasteiger partial charge in [0, 0.05) is 31.7 Å². The third kappa shape index (κ3) is 5.88. The van der Waals surface area contributed by atoms with Crippen LogP contribution in [0, 0.1) is 21.4 Å². The predicted octanol–water partition coefficient (Wildman–Crippen LogP) is 0.203. The number of carbonyl (C=O) groups is 2. The number of nitriles is 1. The van der Waals surface area contributed by atoms with Crippen molar-refractivity contribution in [2.24, 2.45) is 4.99 Å². The van der Waals surface area contributed by atoms with Crippen molar-refractivity contribution < 1.29 is 33.5 Å². The predicted molar refractivity (Wildman–Crippen MR) is 137 cm³/mol. The summed E-state index contributed by atoms with van der Waals surface area (Å²) in [6.07, 6.45) is -0.277. The van der Waals surface area contributed by atoms with Gasteiger partial charge in [0.2, 0.25) is 0 Å². The molecular formula is C25H30FN7O7. The van der Waals surface area contributed by atoms with E-state index in [-0.39, 0.29) is 57.8 Å². The van der Waals surface area contributed by atoms with Crippen LogP contribution >= 0.6 is 0 Å². The minimum Gasteiger partial charge on any atom is -0.478 e. The van der Waals surface area contributed by atoms with E-state index in [2.05, 4.69) is 15.6 Å². The zero-order valence-corrected chi connectivity index (χ0v) is 21.7. The van der Waals surface area contributed by atoms with Gasteiger partial charge in [0.05, 0.1) is 17.4 Å². The maximum atomic E-state index is 13.8. The molecule has 3 heterocycles. The van der Waals surface area contributed by atoms with Crippen molar-refractivity contribution in [2.45, 2.75) is 49.4 Å². The van der Waals surface area contributed by atoms with Gasteiger partial charge in [-0.3, -0.25) is 19.8 Å². The fraction of sp³-hybridized carbons (Fsp3) is 0.520. The Kier molecular flexibility index (Phi) is 8.93. The molecule has 0 amide bonds. The molecule has 5 atom stereocenters. The molecule has 1 aromatic rings. The molecule has 0 saturated carbocycles. The summed E-state index contributed by atoms with van der Waals surface area (Å²) in [6.45, 7) is 0.0107. The van der Waals surface area contributed by atoms with E-state index >= 15 is 0 Å². The zero-order chi connectivity index (χ0) is 28.9. The fourth-order valence-electron chi connectivity index (χ4n) is 5.21. The molecule has 1 aromatic carbocycles. The summed E-state index contributed by atoms with van der Waals surface area (Å²) in [7, 11) is 1.72. The van der Waals surface area contributed by atoms with Crippen LogP contribution in [0.25, 0.3) is 0 Å². The number of alkyl halides is 1. The van der Waals surface area contributed by atoms with Crippen molar-refractivity contribution in [1.82, 2.24) is 20.4 Å². The highest BCUT2D eigenvalue weighted by Gasteiger charge is 2.62. The van der Waals surface area contributed by atoms with Crippen LogP contribution in [-0.4, -0.2) is 101 Å². The minimum absolute atomic E-state index is 0.0543. The summed E-state index contributed by atoms with van der Waals surface area (Å²) in [5, 5.41) is 37.6. The molecule has 2 saturated heterocycles. The summed E-state index contributed by atoms with van der Waals surface area (Å²) in [4.78, 5) is 44.4. The number of aliphatic carboxylic acids is 1. The second kappa shape index (κ2) is 12.4. The Morgan fingerprint density at radius 1 is 1.38 bits per heavy atom. The van der Waals surface area contributed by atoms with Crippen LogP contribution in [0.15, 0.2) is 47.2 Å². The number of likely N-dealkylation sites (tertiary alicyclic amines) is 1. The number of benzene rings is 1. The van der Waals surface area contributed by atoms with Gasteiger partial charge in [0.1, 0.15) is 31.6 Å². The van der Waals surface area contributed by atoms with E-state index in [9.17, 15) is 34.5 Å². The first-order valence-electron chi connectivity index (χ1n) is 12.7. The molecule has 4 rings (SSSR count). The number of likely N-dealkylation sites (N-methyl/N-ethyl adjacent to an activating group) is 1. The largest absolute Gasteiger partial charge is 0.478 e. The van der Waals surface area contributed by atoms with Gasteiger partial charge >= 0.3 is 17.6 Å². The molecule has 2 unspecified atom stereocenters. The van der Waals surface area contributed by atoms with E-state index in [0.717, 1.165) is 11.1 Å². The van der Waals surface area contributed by atoms with Crippen LogP contribution in [0.3, 0.4) is 0 Å². The first kappa shape index (κ1) is 28.9. The van der Waals surface area contributed by atoms with Crippen LogP contribution < -0.4 is 10.6 Å². The number of piperazine rings is 1. The molecule has 40 heavy (non-hydrogen) atoms. The maximum absolute atomic E-state index is 13.8. The minimum atomic E-state index is -2.60. The Balaban J connectivity index is 1.66. The van der Waals surface area contributed by atoms with Crippen LogP contribution in [0.4, 0.5) is 4.39 Å². The number of carbonyl (C=O) groups excluding carboxylic acids is 1. The second-order valence-corrected chi connectivity index (χ2v) is 9.74. The first-order chi connectivity index (χ1) is 19.2. The number of carboxylic acid groups (broad SMARTS) is 1. The van der Waals surface area contributed by atoms with Crippen molar-refractivity contribution in [2.75, 3.05) is 33.3 Å². The lowest BCUT2D eigenvalue weighted by Gasteiger charge is -2.47. The Bertz CT molecular complexity index is 1220. The number of esters is 1. The first-order valence-corrected chi connectivity index (χ1v) is 12.7. The number of hydrogen-bond donors (Lipinski definition) is 3. The van der Waals surface area contributed by atoms with Crippen molar-refractivity contribution in [3.8, 4) is 6.07 Å². The summed E-state index contributed by atoms with van der Waals surface area (Å²) in [5.74, 6) is -2.56. The smallest absolute Gasteiger partial charge is 0.356 e. The number of aliphatic imine (C=N–C) groups is 1. The number of amidine groups is 1. The Morgan fingerprint density at radius 2 is 2.12 bits per heavy atom. The SMILES string of the molecule is CN1C[C@H](F)C[C@H]1COC1=NC=C([N+](=O)[O-])[C@@](C(=O)O)(N2CCNC(CC#N)C2C(=O)OCc2ccccc2)N1. The summed E-state index contributed by atoms with van der Waals surface area (Å²) < 4.78 is 25.0. The zero-order valence-electron chi connectivity index (χ0n) is 21.7. The molecule has 0 aromatic heterocycles. The molecule has 214 valence electrons. The third-order valence-corrected chi connectivity index (χ3v) is 7.20. The van der Waals surface area contributed by atoms with Gasteiger partial charge in [-0.1, -0.05) is 30.3 Å². The highest BCUT2D eigenvalue weighted by molar-refractivity contribution is 5.91. The summed E-state index contributed by atoms with van der Waals surface area (Å²) in [6, 6.07) is 7.78. The highest BCUT2D eigenvalue weighted by Crippen LogP contribution is 2.32. The number of nitro groups is 1. The Labute approximate surface area is 229 Å². The van der Waals surface area contributed by atoms with Crippen molar-refractivity contribution in [3.63, 3.8) is 0 Å². The average Bonchev–Trinajstić information content (AvgIpc) is 3.27. The van der Waals surface area contributed by atoms with Gasteiger partial charge in [-0.05, 0) is 19.0 Å². The number of ether oxygens (including phenoxy) is 2. The molecule has 2 fully saturated rings. The monoisotopic (exact) mass is 559 g/mol. The Morgan fingerprint density at radius 3 is 2.75 bits per heavy atom. The third-order valence-electron chi connectivity index (χ3n) is 7.20. The van der Waals surface area contributed by atoms with Crippen LogP contribution in [0.2, 0.25) is 0 Å². The molecule has 0 bridgehead atoms. The molecular weight excluding hydrogens is 529 g/mol. The lowest BCUT2D eigenvalue weighted by molar-refractivity contribution is -0.440. The second-order valence-electron chi connectivity index (χ2n) is 9.74. The summed E-state index contributed by atoms with van der Waals surface area (Å²) in [5.41, 5.74) is -2.78. The highest BCUT2D eigenvalue weighted by atomic mass is 19.1. The number of hydrogen-bond acceptors (Lipinski definition) is 12. The van der Waals surface area contributed by atoms with Gasteiger partial charge < -0.3 is 25.2 Å². The molecule has 14 nitrogen and oxygen atoms in total. The lowest BCUT2D eigenvalue weighted by Crippen LogP contribution is -2.76. The topological polar surface area (TPSA) is 183 Å². The van der Waals surface area contributed by atoms with Crippen LogP contribution in [0.1, 0.15) is 18.4 Å². The van der Waals surface area contributed by atoms with E-state index in [4.69, 9.17) is 9.47 Å². The lowest BCUT2D eigenvalue weighted by atomic mass is 9.93. The van der Waals surface area contributed by atoms with Gasteiger partial charge in [-0.15, -0.1) is 0 Å². The molecule has 0 spiro atoms. The van der Waals surface area contributed by atoms with Gasteiger partial charge in [-0.2, -0.15) is 10.3 Å². The Hall–Kier alpha value is -4.13. The number of nitrogens with zero attached hydrogens (tertiary/aromatic N) is 5. The molecule has 3 N–H and O–H groups in total. The van der Waals surface area contributed by atoms with E-state index in [1.54, 1.807) is 42.3 Å².